The maximum Gasteiger partial charge on any atom is 0.299 e. The number of halogens is 2. The zero-order chi connectivity index (χ0) is 19.1. The van der Waals surface area contributed by atoms with Gasteiger partial charge in [-0.25, -0.2) is 0 Å². The third-order valence-corrected chi connectivity index (χ3v) is 6.23. The highest BCUT2D eigenvalue weighted by Crippen LogP contribution is 2.34. The van der Waals surface area contributed by atoms with Crippen LogP contribution in [0.4, 0.5) is 5.69 Å². The molecule has 3 aromatic rings. The molecule has 0 spiro atoms. The van der Waals surface area contributed by atoms with Gasteiger partial charge in [-0.1, -0.05) is 6.07 Å². The molecule has 0 unspecified atom stereocenters. The summed E-state index contributed by atoms with van der Waals surface area (Å²) in [6.45, 7) is 1.85. The molecule has 0 saturated heterocycles. The Hall–Kier alpha value is -1.92. The molecular formula is C14H13Br2N5O4S. The lowest BCUT2D eigenvalue weighted by molar-refractivity contribution is 0.364. The maximum absolute atomic E-state index is 12.8. The Kier molecular flexibility index (Phi) is 5.08. The molecule has 0 saturated carbocycles. The van der Waals surface area contributed by atoms with E-state index in [9.17, 15) is 8.42 Å². The molecule has 3 rings (SSSR count). The molecule has 9 nitrogen and oxygen atoms in total. The number of benzene rings is 1. The molecule has 0 fully saturated rings. The number of ether oxygens (including phenoxy) is 2. The molecule has 12 heteroatoms. The van der Waals surface area contributed by atoms with Crippen molar-refractivity contribution in [3.8, 4) is 11.8 Å². The van der Waals surface area contributed by atoms with Crippen LogP contribution in [0.3, 0.4) is 0 Å². The van der Waals surface area contributed by atoms with Gasteiger partial charge in [0.25, 0.3) is 21.0 Å². The van der Waals surface area contributed by atoms with E-state index in [1.54, 1.807) is 6.07 Å². The van der Waals surface area contributed by atoms with Crippen molar-refractivity contribution in [3.63, 3.8) is 0 Å². The molecule has 0 atom stereocenters. The first-order valence-corrected chi connectivity index (χ1v) is 10.2. The van der Waals surface area contributed by atoms with Crippen LogP contribution in [0.2, 0.25) is 0 Å². The Morgan fingerprint density at radius 1 is 1.15 bits per heavy atom. The van der Waals surface area contributed by atoms with E-state index < -0.39 is 15.2 Å². The number of sulfonamides is 1. The fourth-order valence-electron chi connectivity index (χ4n) is 2.10. The van der Waals surface area contributed by atoms with Crippen LogP contribution in [-0.2, 0) is 10.0 Å². The van der Waals surface area contributed by atoms with Crippen LogP contribution in [0.25, 0.3) is 5.78 Å². The minimum atomic E-state index is -4.07. The highest BCUT2D eigenvalue weighted by atomic mass is 79.9. The largest absolute Gasteiger partial charge is 0.481 e. The number of methoxy groups -OCH3 is 2. The molecule has 0 radical (unpaired) electrons. The van der Waals surface area contributed by atoms with Crippen LogP contribution >= 0.6 is 31.9 Å². The quantitative estimate of drug-likeness (QED) is 0.566. The summed E-state index contributed by atoms with van der Waals surface area (Å²) in [5, 5.41) is 3.54. The molecule has 1 aromatic carbocycles. The molecule has 0 aliphatic rings. The van der Waals surface area contributed by atoms with Crippen molar-refractivity contribution in [1.29, 1.82) is 0 Å². The van der Waals surface area contributed by atoms with Crippen LogP contribution in [-0.4, -0.2) is 42.2 Å². The van der Waals surface area contributed by atoms with Crippen LogP contribution < -0.4 is 14.2 Å². The lowest BCUT2D eigenvalue weighted by Gasteiger charge is -2.11. The SMILES string of the molecule is COc1cc(OC)n2nc(S(=O)(=O)Nc3c(Br)ccc(C)c3Br)nc2n1. The Morgan fingerprint density at radius 2 is 1.88 bits per heavy atom. The summed E-state index contributed by atoms with van der Waals surface area (Å²) in [5.74, 6) is 0.491. The highest BCUT2D eigenvalue weighted by Gasteiger charge is 2.25. The van der Waals surface area contributed by atoms with Crippen molar-refractivity contribution in [1.82, 2.24) is 19.6 Å². The lowest BCUT2D eigenvalue weighted by atomic mass is 10.2. The summed E-state index contributed by atoms with van der Waals surface area (Å²) in [5.41, 5.74) is 1.21. The van der Waals surface area contributed by atoms with Crippen LogP contribution in [0, 0.1) is 6.92 Å². The molecule has 26 heavy (non-hydrogen) atoms. The average Bonchev–Trinajstić information content (AvgIpc) is 3.06. The average molecular weight is 507 g/mol. The van der Waals surface area contributed by atoms with Crippen molar-refractivity contribution >= 4 is 53.3 Å². The van der Waals surface area contributed by atoms with Gasteiger partial charge >= 0.3 is 0 Å². The third kappa shape index (κ3) is 3.35. The number of rotatable bonds is 5. The van der Waals surface area contributed by atoms with E-state index in [0.717, 1.165) is 5.56 Å². The minimum Gasteiger partial charge on any atom is -0.481 e. The Bertz CT molecular complexity index is 1100. The second kappa shape index (κ2) is 7.00. The smallest absolute Gasteiger partial charge is 0.299 e. The summed E-state index contributed by atoms with van der Waals surface area (Å²) in [6, 6.07) is 5.06. The van der Waals surface area contributed by atoms with Gasteiger partial charge in [-0.2, -0.15) is 22.9 Å². The first-order chi connectivity index (χ1) is 12.3. The van der Waals surface area contributed by atoms with Crippen molar-refractivity contribution in [2.75, 3.05) is 18.9 Å². The zero-order valence-electron chi connectivity index (χ0n) is 13.8. The maximum atomic E-state index is 12.8. The highest BCUT2D eigenvalue weighted by molar-refractivity contribution is 9.11. The molecule has 0 aliphatic heterocycles. The van der Waals surface area contributed by atoms with Gasteiger partial charge in [-0.15, -0.1) is 5.10 Å². The first kappa shape index (κ1) is 18.9. The normalized spacial score (nSPS) is 11.6. The fraction of sp³-hybridized carbons (Fsp3) is 0.214. The number of aromatic nitrogens is 4. The van der Waals surface area contributed by atoms with E-state index in [2.05, 4.69) is 51.6 Å². The third-order valence-electron chi connectivity index (χ3n) is 3.42. The monoisotopic (exact) mass is 505 g/mol. The standard InChI is InChI=1S/C14H13Br2N5O4S/c1-7-4-5-8(15)12(11(7)16)20-26(22,23)14-18-13-17-9(24-2)6-10(25-3)21(13)19-14/h4-6,20H,1-3H3. The predicted molar refractivity (Wildman–Crippen MR) is 101 cm³/mol. The van der Waals surface area contributed by atoms with E-state index in [-0.39, 0.29) is 17.5 Å². The first-order valence-electron chi connectivity index (χ1n) is 7.10. The summed E-state index contributed by atoms with van der Waals surface area (Å²) in [4.78, 5) is 8.05. The molecular weight excluding hydrogens is 494 g/mol. The lowest BCUT2D eigenvalue weighted by Crippen LogP contribution is -2.16. The molecule has 0 bridgehead atoms. The number of hydrogen-bond acceptors (Lipinski definition) is 7. The van der Waals surface area contributed by atoms with Crippen LogP contribution in [0.5, 0.6) is 11.8 Å². The van der Waals surface area contributed by atoms with E-state index >= 15 is 0 Å². The number of hydrogen-bond donors (Lipinski definition) is 1. The second-order valence-electron chi connectivity index (χ2n) is 5.11. The summed E-state index contributed by atoms with van der Waals surface area (Å²) in [7, 11) is -1.22. The van der Waals surface area contributed by atoms with Crippen LogP contribution in [0.1, 0.15) is 5.56 Å². The number of aryl methyl sites for hydroxylation is 1. The minimum absolute atomic E-state index is 0.0314. The zero-order valence-corrected chi connectivity index (χ0v) is 17.8. The predicted octanol–water partition coefficient (Wildman–Crippen LogP) is 2.78. The van der Waals surface area contributed by atoms with Crippen molar-refractivity contribution < 1.29 is 17.9 Å². The van der Waals surface area contributed by atoms with Gasteiger partial charge in [-0.3, -0.25) is 4.72 Å². The topological polar surface area (TPSA) is 108 Å². The van der Waals surface area contributed by atoms with E-state index in [1.165, 1.54) is 24.8 Å². The van der Waals surface area contributed by atoms with Gasteiger partial charge in [-0.05, 0) is 50.4 Å². The summed E-state index contributed by atoms with van der Waals surface area (Å²) < 4.78 is 40.6. The van der Waals surface area contributed by atoms with Gasteiger partial charge in [0, 0.05) is 8.95 Å². The van der Waals surface area contributed by atoms with Gasteiger partial charge in [0.15, 0.2) is 0 Å². The Morgan fingerprint density at radius 3 is 2.54 bits per heavy atom. The van der Waals surface area contributed by atoms with Gasteiger partial charge in [0.2, 0.25) is 11.8 Å². The number of fused-ring (bicyclic) bond motifs is 1. The summed E-state index contributed by atoms with van der Waals surface area (Å²) in [6.07, 6.45) is 0. The van der Waals surface area contributed by atoms with E-state index in [0.29, 0.717) is 14.6 Å². The molecule has 2 aromatic heterocycles. The summed E-state index contributed by atoms with van der Waals surface area (Å²) >= 11 is 6.71. The fourth-order valence-corrected chi connectivity index (χ4v) is 4.46. The van der Waals surface area contributed by atoms with Crippen molar-refractivity contribution in [3.05, 3.63) is 32.7 Å². The molecule has 2 heterocycles. The molecule has 0 amide bonds. The molecule has 1 N–H and O–H groups in total. The van der Waals surface area contributed by atoms with Gasteiger partial charge in [0.1, 0.15) is 0 Å². The van der Waals surface area contributed by atoms with Crippen molar-refractivity contribution in [2.24, 2.45) is 0 Å². The van der Waals surface area contributed by atoms with Crippen molar-refractivity contribution in [2.45, 2.75) is 12.1 Å². The number of nitrogens with zero attached hydrogens (tertiary/aromatic N) is 4. The Labute approximate surface area is 166 Å². The van der Waals surface area contributed by atoms with Gasteiger partial charge in [0.05, 0.1) is 26.0 Å². The van der Waals surface area contributed by atoms with E-state index in [1.807, 2.05) is 13.0 Å². The number of nitrogens with one attached hydrogen (secondary N) is 1. The number of anilines is 1. The second-order valence-corrected chi connectivity index (χ2v) is 8.33. The molecule has 0 aliphatic carbocycles. The molecule has 138 valence electrons. The van der Waals surface area contributed by atoms with Crippen LogP contribution in [0.15, 0.2) is 32.3 Å². The Balaban J connectivity index is 2.09. The van der Waals surface area contributed by atoms with Gasteiger partial charge < -0.3 is 9.47 Å². The van der Waals surface area contributed by atoms with E-state index in [4.69, 9.17) is 9.47 Å².